The number of rotatable bonds is 2. The lowest BCUT2D eigenvalue weighted by Crippen LogP contribution is -2.51. The Balaban J connectivity index is 1.63. The van der Waals surface area contributed by atoms with Crippen LogP contribution in [0.4, 0.5) is 0 Å². The summed E-state index contributed by atoms with van der Waals surface area (Å²) in [6, 6.07) is 0. The first-order chi connectivity index (χ1) is 11.4. The summed E-state index contributed by atoms with van der Waals surface area (Å²) in [5.74, 6) is 4.46. The maximum absolute atomic E-state index is 11.9. The molecule has 0 heterocycles. The van der Waals surface area contributed by atoms with Crippen molar-refractivity contribution in [2.24, 2.45) is 46.2 Å². The zero-order chi connectivity index (χ0) is 17.1. The molecule has 4 rings (SSSR count). The summed E-state index contributed by atoms with van der Waals surface area (Å²) in [7, 11) is 0. The Kier molecular flexibility index (Phi) is 3.99. The second-order valence-corrected chi connectivity index (χ2v) is 9.91. The Morgan fingerprint density at radius 3 is 2.67 bits per heavy atom. The summed E-state index contributed by atoms with van der Waals surface area (Å²) < 4.78 is 0. The third-order valence-corrected chi connectivity index (χ3v) is 9.09. The van der Waals surface area contributed by atoms with Crippen LogP contribution in [-0.2, 0) is 4.79 Å². The number of nitrogens with two attached hydrogens (primary N) is 1. The summed E-state index contributed by atoms with van der Waals surface area (Å²) in [5.41, 5.74) is 8.37. The van der Waals surface area contributed by atoms with Crippen molar-refractivity contribution in [3.05, 3.63) is 11.6 Å². The molecule has 2 nitrogen and oxygen atoms in total. The molecule has 0 aliphatic heterocycles. The Bertz CT molecular complexity index is 566. The van der Waals surface area contributed by atoms with Gasteiger partial charge in [0.15, 0.2) is 5.78 Å². The average Bonchev–Trinajstić information content (AvgIpc) is 2.92. The van der Waals surface area contributed by atoms with E-state index in [2.05, 4.69) is 20.8 Å². The van der Waals surface area contributed by atoms with Gasteiger partial charge in [0.25, 0.3) is 0 Å². The first-order valence-electron chi connectivity index (χ1n) is 10.3. The van der Waals surface area contributed by atoms with Crippen LogP contribution in [0, 0.1) is 40.4 Å². The fraction of sp³-hybridized carbons (Fsp3) is 0.864. The van der Waals surface area contributed by atoms with Crippen LogP contribution in [0.2, 0.25) is 0 Å². The van der Waals surface area contributed by atoms with Gasteiger partial charge in [0.1, 0.15) is 0 Å². The van der Waals surface area contributed by atoms with Crippen molar-refractivity contribution in [2.75, 3.05) is 6.54 Å². The molecule has 3 saturated carbocycles. The smallest absolute Gasteiger partial charge is 0.155 e. The molecule has 0 radical (unpaired) electrons. The molecule has 2 heteroatoms. The molecular weight excluding hydrogens is 294 g/mol. The summed E-state index contributed by atoms with van der Waals surface area (Å²) in [4.78, 5) is 11.9. The molecule has 4 aliphatic rings. The van der Waals surface area contributed by atoms with Gasteiger partial charge >= 0.3 is 0 Å². The molecule has 134 valence electrons. The zero-order valence-corrected chi connectivity index (χ0v) is 15.8. The average molecular weight is 330 g/mol. The Morgan fingerprint density at radius 2 is 1.92 bits per heavy atom. The number of hydrogen-bond acceptors (Lipinski definition) is 2. The van der Waals surface area contributed by atoms with E-state index < -0.39 is 0 Å². The molecule has 7 unspecified atom stereocenters. The van der Waals surface area contributed by atoms with E-state index in [-0.39, 0.29) is 0 Å². The van der Waals surface area contributed by atoms with E-state index in [9.17, 15) is 4.79 Å². The Hall–Kier alpha value is -0.630. The van der Waals surface area contributed by atoms with Crippen molar-refractivity contribution >= 4 is 5.78 Å². The highest BCUT2D eigenvalue weighted by Crippen LogP contribution is 2.67. The molecule has 3 fully saturated rings. The molecule has 4 aliphatic carbocycles. The van der Waals surface area contributed by atoms with Gasteiger partial charge in [-0.1, -0.05) is 26.3 Å². The molecule has 2 N–H and O–H groups in total. The predicted octanol–water partition coefficient (Wildman–Crippen LogP) is 4.73. The third-order valence-electron chi connectivity index (χ3n) is 9.09. The van der Waals surface area contributed by atoms with Crippen LogP contribution in [0.3, 0.4) is 0 Å². The molecule has 0 aromatic heterocycles. The van der Waals surface area contributed by atoms with Crippen molar-refractivity contribution in [1.29, 1.82) is 0 Å². The maximum Gasteiger partial charge on any atom is 0.155 e. The van der Waals surface area contributed by atoms with Gasteiger partial charge in [-0.3, -0.25) is 4.79 Å². The first kappa shape index (κ1) is 16.8. The standard InChI is InChI=1S/C22H35NO/c1-14(13-23)18-6-7-19-17-5-4-15-12-16(24)8-10-21(15,2)20(17)9-11-22(18,19)3/h12,14,17-20H,4-11,13,23H2,1-3H3. The van der Waals surface area contributed by atoms with Crippen LogP contribution in [0.1, 0.15) is 72.1 Å². The minimum absolute atomic E-state index is 0.315. The Morgan fingerprint density at radius 1 is 1.12 bits per heavy atom. The van der Waals surface area contributed by atoms with E-state index in [0.717, 1.165) is 43.1 Å². The number of carbonyl (C=O) groups is 1. The topological polar surface area (TPSA) is 43.1 Å². The van der Waals surface area contributed by atoms with Gasteiger partial charge in [-0.05, 0) is 98.0 Å². The van der Waals surface area contributed by atoms with Crippen molar-refractivity contribution in [1.82, 2.24) is 0 Å². The van der Waals surface area contributed by atoms with Gasteiger partial charge in [-0.15, -0.1) is 0 Å². The van der Waals surface area contributed by atoms with Crippen molar-refractivity contribution in [2.45, 2.75) is 72.1 Å². The number of allylic oxidation sites excluding steroid dienone is 1. The molecule has 0 amide bonds. The van der Waals surface area contributed by atoms with Crippen LogP contribution >= 0.6 is 0 Å². The Labute approximate surface area is 147 Å². The molecule has 0 aromatic rings. The van der Waals surface area contributed by atoms with Crippen LogP contribution in [0.25, 0.3) is 0 Å². The summed E-state index contributed by atoms with van der Waals surface area (Å²) in [5, 5.41) is 0. The third kappa shape index (κ3) is 2.21. The summed E-state index contributed by atoms with van der Waals surface area (Å²) in [6.07, 6.45) is 12.0. The minimum Gasteiger partial charge on any atom is -0.330 e. The first-order valence-corrected chi connectivity index (χ1v) is 10.3. The molecule has 0 bridgehead atoms. The second-order valence-electron chi connectivity index (χ2n) is 9.91. The number of ketones is 1. The van der Waals surface area contributed by atoms with Crippen LogP contribution in [0.15, 0.2) is 11.6 Å². The quantitative estimate of drug-likeness (QED) is 0.796. The minimum atomic E-state index is 0.315. The molecule has 24 heavy (non-hydrogen) atoms. The summed E-state index contributed by atoms with van der Waals surface area (Å²) in [6.45, 7) is 8.30. The normalized spacial score (nSPS) is 49.0. The molecule has 0 saturated heterocycles. The van der Waals surface area contributed by atoms with E-state index in [1.165, 1.54) is 44.1 Å². The van der Waals surface area contributed by atoms with Gasteiger partial charge < -0.3 is 5.73 Å². The van der Waals surface area contributed by atoms with Crippen LogP contribution < -0.4 is 5.73 Å². The number of fused-ring (bicyclic) bond motifs is 5. The highest BCUT2D eigenvalue weighted by atomic mass is 16.1. The largest absolute Gasteiger partial charge is 0.330 e. The highest BCUT2D eigenvalue weighted by Gasteiger charge is 2.59. The van der Waals surface area contributed by atoms with E-state index in [4.69, 9.17) is 5.73 Å². The van der Waals surface area contributed by atoms with Gasteiger partial charge in [-0.2, -0.15) is 0 Å². The predicted molar refractivity (Wildman–Crippen MR) is 98.4 cm³/mol. The van der Waals surface area contributed by atoms with Gasteiger partial charge in [0.05, 0.1) is 0 Å². The van der Waals surface area contributed by atoms with E-state index in [1.54, 1.807) is 0 Å². The number of hydrogen-bond donors (Lipinski definition) is 1. The van der Waals surface area contributed by atoms with Crippen LogP contribution in [0.5, 0.6) is 0 Å². The van der Waals surface area contributed by atoms with E-state index in [1.807, 2.05) is 6.08 Å². The van der Waals surface area contributed by atoms with E-state index in [0.29, 0.717) is 22.5 Å². The fourth-order valence-corrected chi connectivity index (χ4v) is 7.70. The second kappa shape index (κ2) is 5.69. The fourth-order valence-electron chi connectivity index (χ4n) is 7.70. The molecule has 0 aromatic carbocycles. The van der Waals surface area contributed by atoms with Gasteiger partial charge in [0.2, 0.25) is 0 Å². The zero-order valence-electron chi connectivity index (χ0n) is 15.8. The van der Waals surface area contributed by atoms with E-state index >= 15 is 0 Å². The van der Waals surface area contributed by atoms with Crippen molar-refractivity contribution in [3.63, 3.8) is 0 Å². The SMILES string of the molecule is CC(CN)C1CCC2C3CCC4=CC(=O)CCC4(C)C3CCC12C. The highest BCUT2D eigenvalue weighted by molar-refractivity contribution is 5.91. The molecular formula is C22H35NO. The van der Waals surface area contributed by atoms with Gasteiger partial charge in [-0.25, -0.2) is 0 Å². The molecule has 7 atom stereocenters. The van der Waals surface area contributed by atoms with Crippen LogP contribution in [-0.4, -0.2) is 12.3 Å². The van der Waals surface area contributed by atoms with Gasteiger partial charge in [0, 0.05) is 6.42 Å². The lowest BCUT2D eigenvalue weighted by atomic mass is 9.46. The lowest BCUT2D eigenvalue weighted by molar-refractivity contribution is -0.117. The molecule has 0 spiro atoms. The monoisotopic (exact) mass is 329 g/mol. The maximum atomic E-state index is 11.9. The van der Waals surface area contributed by atoms with Crippen molar-refractivity contribution < 1.29 is 4.79 Å². The lowest BCUT2D eigenvalue weighted by Gasteiger charge is -2.58. The number of carbonyl (C=O) groups excluding carboxylic acids is 1. The van der Waals surface area contributed by atoms with Crippen molar-refractivity contribution in [3.8, 4) is 0 Å². The summed E-state index contributed by atoms with van der Waals surface area (Å²) >= 11 is 0.